The molecule has 2 unspecified atom stereocenters. The van der Waals surface area contributed by atoms with E-state index in [1.54, 1.807) is 4.90 Å². The molecule has 1 saturated carbocycles. The van der Waals surface area contributed by atoms with Gasteiger partial charge in [0, 0.05) is 37.9 Å². The number of nitrogens with two attached hydrogens (primary N) is 1. The molecule has 2 fully saturated rings. The van der Waals surface area contributed by atoms with Crippen LogP contribution in [-0.2, 0) is 9.53 Å². The summed E-state index contributed by atoms with van der Waals surface area (Å²) in [6.45, 7) is 3.33. The average Bonchev–Trinajstić information content (AvgIpc) is 2.38. The van der Waals surface area contributed by atoms with Gasteiger partial charge in [-0.2, -0.15) is 0 Å². The molecular formula is C13H22F2N2O2. The highest BCUT2D eigenvalue weighted by atomic mass is 19.3. The Balaban J connectivity index is 1.89. The molecule has 4 nitrogen and oxygen atoms in total. The molecule has 0 aromatic rings. The van der Waals surface area contributed by atoms with Crippen LogP contribution < -0.4 is 5.73 Å². The summed E-state index contributed by atoms with van der Waals surface area (Å²) in [6, 6.07) is -0.133. The molecule has 0 radical (unpaired) electrons. The Labute approximate surface area is 112 Å². The lowest BCUT2D eigenvalue weighted by atomic mass is 9.85. The zero-order valence-electron chi connectivity index (χ0n) is 11.3. The summed E-state index contributed by atoms with van der Waals surface area (Å²) < 4.78 is 31.7. The number of ether oxygens (including phenoxy) is 1. The summed E-state index contributed by atoms with van der Waals surface area (Å²) in [5.41, 5.74) is 5.78. The largest absolute Gasteiger partial charge is 0.373 e. The van der Waals surface area contributed by atoms with Crippen molar-refractivity contribution < 1.29 is 18.3 Å². The second kappa shape index (κ2) is 5.71. The van der Waals surface area contributed by atoms with Gasteiger partial charge < -0.3 is 15.4 Å². The Morgan fingerprint density at radius 3 is 2.63 bits per heavy atom. The predicted molar refractivity (Wildman–Crippen MR) is 66.9 cm³/mol. The van der Waals surface area contributed by atoms with E-state index in [0.717, 1.165) is 0 Å². The second-order valence-electron chi connectivity index (χ2n) is 5.68. The maximum atomic E-state index is 13.1. The molecule has 0 bridgehead atoms. The highest BCUT2D eigenvalue weighted by Crippen LogP contribution is 2.37. The van der Waals surface area contributed by atoms with Gasteiger partial charge in [-0.25, -0.2) is 8.78 Å². The Morgan fingerprint density at radius 1 is 1.42 bits per heavy atom. The van der Waals surface area contributed by atoms with Crippen LogP contribution in [-0.4, -0.2) is 48.6 Å². The van der Waals surface area contributed by atoms with E-state index in [9.17, 15) is 13.6 Å². The van der Waals surface area contributed by atoms with Crippen LogP contribution in [0.5, 0.6) is 0 Å². The molecule has 19 heavy (non-hydrogen) atoms. The van der Waals surface area contributed by atoms with E-state index in [4.69, 9.17) is 10.5 Å². The fraction of sp³-hybridized carbons (Fsp3) is 0.923. The maximum Gasteiger partial charge on any atom is 0.248 e. The van der Waals surface area contributed by atoms with E-state index in [1.807, 2.05) is 6.92 Å². The van der Waals surface area contributed by atoms with Gasteiger partial charge in [0.1, 0.15) is 0 Å². The second-order valence-corrected chi connectivity index (χ2v) is 5.68. The maximum absolute atomic E-state index is 13.1. The van der Waals surface area contributed by atoms with Gasteiger partial charge in [0.05, 0.1) is 12.7 Å². The molecule has 2 aliphatic rings. The third-order valence-corrected chi connectivity index (χ3v) is 4.06. The number of amides is 1. The van der Waals surface area contributed by atoms with Gasteiger partial charge in [0.25, 0.3) is 0 Å². The fourth-order valence-corrected chi connectivity index (χ4v) is 2.74. The van der Waals surface area contributed by atoms with Gasteiger partial charge in [0.15, 0.2) is 0 Å². The monoisotopic (exact) mass is 276 g/mol. The number of carbonyl (C=O) groups excluding carboxylic acids is 1. The van der Waals surface area contributed by atoms with Crippen molar-refractivity contribution in [2.75, 3.05) is 19.7 Å². The van der Waals surface area contributed by atoms with Crippen molar-refractivity contribution in [1.29, 1.82) is 0 Å². The SMILES string of the molecule is CC(N)C1CN(C(=O)C2CCC(F)(F)CC2)CCO1. The van der Waals surface area contributed by atoms with Crippen molar-refractivity contribution in [3.8, 4) is 0 Å². The van der Waals surface area contributed by atoms with Gasteiger partial charge in [0.2, 0.25) is 11.8 Å². The Hall–Kier alpha value is -0.750. The van der Waals surface area contributed by atoms with Crippen molar-refractivity contribution in [2.45, 2.75) is 50.7 Å². The van der Waals surface area contributed by atoms with Crippen molar-refractivity contribution in [2.24, 2.45) is 11.7 Å². The van der Waals surface area contributed by atoms with Crippen molar-refractivity contribution >= 4 is 5.91 Å². The van der Waals surface area contributed by atoms with E-state index >= 15 is 0 Å². The first-order valence-electron chi connectivity index (χ1n) is 6.93. The number of alkyl halides is 2. The molecule has 1 saturated heterocycles. The molecule has 0 aromatic heterocycles. The third-order valence-electron chi connectivity index (χ3n) is 4.06. The number of morpholine rings is 1. The fourth-order valence-electron chi connectivity index (χ4n) is 2.74. The highest BCUT2D eigenvalue weighted by Gasteiger charge is 2.39. The number of hydrogen-bond acceptors (Lipinski definition) is 3. The molecule has 0 aromatic carbocycles. The number of carbonyl (C=O) groups is 1. The summed E-state index contributed by atoms with van der Waals surface area (Å²) >= 11 is 0. The minimum atomic E-state index is -2.59. The lowest BCUT2D eigenvalue weighted by Crippen LogP contribution is -2.53. The zero-order chi connectivity index (χ0) is 14.0. The molecule has 1 amide bonds. The van der Waals surface area contributed by atoms with E-state index in [-0.39, 0.29) is 49.7 Å². The van der Waals surface area contributed by atoms with Crippen LogP contribution >= 0.6 is 0 Å². The first-order chi connectivity index (χ1) is 8.89. The van der Waals surface area contributed by atoms with E-state index in [1.165, 1.54) is 0 Å². The van der Waals surface area contributed by atoms with Crippen LogP contribution in [0.1, 0.15) is 32.6 Å². The average molecular weight is 276 g/mol. The lowest BCUT2D eigenvalue weighted by Gasteiger charge is -2.38. The van der Waals surface area contributed by atoms with Crippen LogP contribution in [0.4, 0.5) is 8.78 Å². The number of hydrogen-bond donors (Lipinski definition) is 1. The summed E-state index contributed by atoms with van der Waals surface area (Å²) in [4.78, 5) is 14.0. The Morgan fingerprint density at radius 2 is 2.05 bits per heavy atom. The quantitative estimate of drug-likeness (QED) is 0.829. The summed E-state index contributed by atoms with van der Waals surface area (Å²) in [5.74, 6) is -2.85. The smallest absolute Gasteiger partial charge is 0.248 e. The molecule has 1 heterocycles. The highest BCUT2D eigenvalue weighted by molar-refractivity contribution is 5.79. The summed E-state index contributed by atoms with van der Waals surface area (Å²) in [6.07, 6.45) is 0.0650. The number of halogens is 2. The first-order valence-corrected chi connectivity index (χ1v) is 6.93. The van der Waals surface area contributed by atoms with Gasteiger partial charge in [-0.05, 0) is 19.8 Å². The minimum Gasteiger partial charge on any atom is -0.373 e. The molecule has 6 heteroatoms. The molecule has 0 spiro atoms. The first kappa shape index (κ1) is 14.7. The van der Waals surface area contributed by atoms with Crippen LogP contribution in [0.3, 0.4) is 0 Å². The molecule has 110 valence electrons. The summed E-state index contributed by atoms with van der Waals surface area (Å²) in [7, 11) is 0. The standard InChI is InChI=1S/C13H22F2N2O2/c1-9(16)11-8-17(6-7-19-11)12(18)10-2-4-13(14,15)5-3-10/h9-11H,2-8,16H2,1H3. The minimum absolute atomic E-state index is 0.00977. The predicted octanol–water partition coefficient (Wildman–Crippen LogP) is 1.39. The molecular weight excluding hydrogens is 254 g/mol. The Kier molecular flexibility index (Phi) is 4.40. The molecule has 2 N–H and O–H groups in total. The van der Waals surface area contributed by atoms with Gasteiger partial charge in [-0.1, -0.05) is 0 Å². The lowest BCUT2D eigenvalue weighted by molar-refractivity contribution is -0.147. The van der Waals surface area contributed by atoms with E-state index < -0.39 is 5.92 Å². The topological polar surface area (TPSA) is 55.6 Å². The molecule has 1 aliphatic heterocycles. The van der Waals surface area contributed by atoms with Crippen LogP contribution in [0.15, 0.2) is 0 Å². The van der Waals surface area contributed by atoms with Crippen LogP contribution in [0.25, 0.3) is 0 Å². The van der Waals surface area contributed by atoms with Gasteiger partial charge in [-0.3, -0.25) is 4.79 Å². The van der Waals surface area contributed by atoms with Crippen LogP contribution in [0.2, 0.25) is 0 Å². The third kappa shape index (κ3) is 3.63. The summed E-state index contributed by atoms with van der Waals surface area (Å²) in [5, 5.41) is 0. The van der Waals surface area contributed by atoms with E-state index in [0.29, 0.717) is 19.7 Å². The van der Waals surface area contributed by atoms with Gasteiger partial charge >= 0.3 is 0 Å². The molecule has 2 rings (SSSR count). The van der Waals surface area contributed by atoms with Crippen molar-refractivity contribution in [1.82, 2.24) is 4.90 Å². The zero-order valence-corrected chi connectivity index (χ0v) is 11.3. The number of rotatable bonds is 2. The van der Waals surface area contributed by atoms with Crippen LogP contribution in [0, 0.1) is 5.92 Å². The number of nitrogens with zero attached hydrogens (tertiary/aromatic N) is 1. The van der Waals surface area contributed by atoms with E-state index in [2.05, 4.69) is 0 Å². The Bertz CT molecular complexity index is 327. The normalized spacial score (nSPS) is 30.1. The molecule has 1 aliphatic carbocycles. The van der Waals surface area contributed by atoms with Gasteiger partial charge in [-0.15, -0.1) is 0 Å². The van der Waals surface area contributed by atoms with Crippen molar-refractivity contribution in [3.63, 3.8) is 0 Å². The molecule has 2 atom stereocenters. The van der Waals surface area contributed by atoms with Crippen molar-refractivity contribution in [3.05, 3.63) is 0 Å².